The van der Waals surface area contributed by atoms with Crippen molar-refractivity contribution >= 4 is 21.8 Å². The van der Waals surface area contributed by atoms with Gasteiger partial charge in [-0.2, -0.15) is 0 Å². The predicted molar refractivity (Wildman–Crippen MR) is 72.6 cm³/mol. The van der Waals surface area contributed by atoms with Crippen LogP contribution < -0.4 is 0 Å². The molecular weight excluding hydrogens is 297 g/mol. The number of nitrogens with zero attached hydrogens (tertiary/aromatic N) is 1. The van der Waals surface area contributed by atoms with E-state index in [0.29, 0.717) is 18.5 Å². The van der Waals surface area contributed by atoms with E-state index in [4.69, 9.17) is 0 Å². The summed E-state index contributed by atoms with van der Waals surface area (Å²) >= 11 is 3.24. The smallest absolute Gasteiger partial charge is 0.222 e. The summed E-state index contributed by atoms with van der Waals surface area (Å²) in [5, 5.41) is 0. The van der Waals surface area contributed by atoms with Crippen molar-refractivity contribution in [3.05, 3.63) is 34.1 Å². The molecule has 0 aromatic heterocycles. The van der Waals surface area contributed by atoms with Gasteiger partial charge in [0.2, 0.25) is 5.91 Å². The Morgan fingerprint density at radius 2 is 2.00 bits per heavy atom. The summed E-state index contributed by atoms with van der Waals surface area (Å²) in [5.41, 5.74) is 0.590. The molecule has 2 rings (SSSR count). The van der Waals surface area contributed by atoms with E-state index in [-0.39, 0.29) is 11.7 Å². The minimum Gasteiger partial charge on any atom is -0.338 e. The molecule has 1 fully saturated rings. The summed E-state index contributed by atoms with van der Waals surface area (Å²) in [6.07, 6.45) is 4.86. The number of carbonyl (C=O) groups excluding carboxylic acids is 1. The van der Waals surface area contributed by atoms with E-state index in [9.17, 15) is 9.18 Å². The first-order valence-electron chi connectivity index (χ1n) is 6.38. The van der Waals surface area contributed by atoms with Crippen LogP contribution >= 0.6 is 15.9 Å². The largest absolute Gasteiger partial charge is 0.338 e. The molecule has 0 spiro atoms. The molecule has 0 unspecified atom stereocenters. The molecule has 1 saturated heterocycles. The van der Waals surface area contributed by atoms with Crippen LogP contribution in [0.15, 0.2) is 22.7 Å². The van der Waals surface area contributed by atoms with E-state index < -0.39 is 0 Å². The van der Waals surface area contributed by atoms with Gasteiger partial charge in [0, 0.05) is 29.5 Å². The average molecular weight is 314 g/mol. The van der Waals surface area contributed by atoms with E-state index >= 15 is 0 Å². The zero-order chi connectivity index (χ0) is 13.0. The van der Waals surface area contributed by atoms with Crippen molar-refractivity contribution in [2.24, 2.45) is 0 Å². The number of amides is 1. The highest BCUT2D eigenvalue weighted by molar-refractivity contribution is 9.10. The van der Waals surface area contributed by atoms with Crippen molar-refractivity contribution < 1.29 is 9.18 Å². The average Bonchev–Trinajstić information content (AvgIpc) is 2.31. The van der Waals surface area contributed by atoms with Crippen LogP contribution in [0.25, 0.3) is 0 Å². The van der Waals surface area contributed by atoms with Crippen molar-refractivity contribution in [1.29, 1.82) is 0 Å². The van der Waals surface area contributed by atoms with Crippen LogP contribution in [-0.2, 0) is 11.3 Å². The van der Waals surface area contributed by atoms with Crippen LogP contribution in [0.5, 0.6) is 0 Å². The van der Waals surface area contributed by atoms with Crippen molar-refractivity contribution in [3.63, 3.8) is 0 Å². The summed E-state index contributed by atoms with van der Waals surface area (Å²) in [6.45, 7) is 1.13. The molecule has 18 heavy (non-hydrogen) atoms. The van der Waals surface area contributed by atoms with E-state index in [1.807, 2.05) is 6.07 Å². The van der Waals surface area contributed by atoms with Gasteiger partial charge in [0.25, 0.3) is 0 Å². The molecule has 0 radical (unpaired) electrons. The van der Waals surface area contributed by atoms with Crippen molar-refractivity contribution in [2.45, 2.75) is 38.6 Å². The van der Waals surface area contributed by atoms with Gasteiger partial charge in [-0.1, -0.05) is 34.8 Å². The molecule has 2 nitrogen and oxygen atoms in total. The number of likely N-dealkylation sites (tertiary alicyclic amines) is 1. The summed E-state index contributed by atoms with van der Waals surface area (Å²) in [4.78, 5) is 13.7. The fraction of sp³-hybridized carbons (Fsp3) is 0.500. The van der Waals surface area contributed by atoms with E-state index in [0.717, 1.165) is 36.7 Å². The van der Waals surface area contributed by atoms with Gasteiger partial charge in [-0.3, -0.25) is 4.79 Å². The van der Waals surface area contributed by atoms with Gasteiger partial charge in [0.1, 0.15) is 5.82 Å². The van der Waals surface area contributed by atoms with Gasteiger partial charge >= 0.3 is 0 Å². The minimum absolute atomic E-state index is 0.150. The fourth-order valence-corrected chi connectivity index (χ4v) is 2.57. The molecule has 1 aliphatic rings. The molecule has 0 bridgehead atoms. The first-order valence-corrected chi connectivity index (χ1v) is 7.18. The second kappa shape index (κ2) is 6.32. The molecule has 1 heterocycles. The molecular formula is C14H17BrFNO. The Morgan fingerprint density at radius 1 is 1.22 bits per heavy atom. The van der Waals surface area contributed by atoms with Crippen molar-refractivity contribution in [2.75, 3.05) is 6.54 Å². The maximum atomic E-state index is 13.7. The molecule has 1 amide bonds. The summed E-state index contributed by atoms with van der Waals surface area (Å²) in [5.74, 6) is -0.101. The predicted octanol–water partition coefficient (Wildman–Crippen LogP) is 3.88. The van der Waals surface area contributed by atoms with Gasteiger partial charge in [-0.15, -0.1) is 0 Å². The molecule has 0 saturated carbocycles. The zero-order valence-electron chi connectivity index (χ0n) is 10.3. The Labute approximate surface area is 115 Å². The number of rotatable bonds is 2. The molecule has 0 atom stereocenters. The SMILES string of the molecule is O=C1CCCCCCN1Cc1ccc(Br)cc1F. The maximum absolute atomic E-state index is 13.7. The van der Waals surface area contributed by atoms with Crippen LogP contribution in [0.2, 0.25) is 0 Å². The molecule has 0 N–H and O–H groups in total. The highest BCUT2D eigenvalue weighted by Gasteiger charge is 2.17. The highest BCUT2D eigenvalue weighted by Crippen LogP contribution is 2.19. The highest BCUT2D eigenvalue weighted by atomic mass is 79.9. The second-order valence-corrected chi connectivity index (χ2v) is 5.63. The monoisotopic (exact) mass is 313 g/mol. The number of hydrogen-bond acceptors (Lipinski definition) is 1. The standard InChI is InChI=1S/C14H17BrFNO/c15-12-7-6-11(13(16)9-12)10-17-8-4-2-1-3-5-14(17)18/h6-7,9H,1-5,8,10H2. The molecule has 98 valence electrons. The van der Waals surface area contributed by atoms with Crippen molar-refractivity contribution in [3.8, 4) is 0 Å². The second-order valence-electron chi connectivity index (χ2n) is 4.72. The lowest BCUT2D eigenvalue weighted by molar-refractivity contribution is -0.132. The van der Waals surface area contributed by atoms with Gasteiger partial charge in [0.05, 0.1) is 0 Å². The zero-order valence-corrected chi connectivity index (χ0v) is 11.9. The van der Waals surface area contributed by atoms with Crippen LogP contribution in [0.1, 0.15) is 37.7 Å². The summed E-state index contributed by atoms with van der Waals surface area (Å²) < 4.78 is 14.5. The Bertz CT molecular complexity index is 436. The van der Waals surface area contributed by atoms with Gasteiger partial charge in [-0.25, -0.2) is 4.39 Å². The number of halogens is 2. The summed E-state index contributed by atoms with van der Waals surface area (Å²) in [7, 11) is 0. The Kier molecular flexibility index (Phi) is 4.75. The minimum atomic E-state index is -0.251. The number of hydrogen-bond donors (Lipinski definition) is 0. The lowest BCUT2D eigenvalue weighted by atomic mass is 10.1. The third-order valence-electron chi connectivity index (χ3n) is 3.30. The first kappa shape index (κ1) is 13.5. The lowest BCUT2D eigenvalue weighted by Crippen LogP contribution is -2.32. The van der Waals surface area contributed by atoms with Crippen LogP contribution in [0.3, 0.4) is 0 Å². The fourth-order valence-electron chi connectivity index (χ4n) is 2.24. The van der Waals surface area contributed by atoms with E-state index in [1.54, 1.807) is 11.0 Å². The number of benzene rings is 1. The number of carbonyl (C=O) groups is 1. The molecule has 4 heteroatoms. The third-order valence-corrected chi connectivity index (χ3v) is 3.79. The molecule has 1 aromatic rings. The molecule has 0 aliphatic carbocycles. The van der Waals surface area contributed by atoms with Gasteiger partial charge in [0.15, 0.2) is 0 Å². The quantitative estimate of drug-likeness (QED) is 0.811. The Hall–Kier alpha value is -0.900. The maximum Gasteiger partial charge on any atom is 0.222 e. The van der Waals surface area contributed by atoms with Crippen LogP contribution in [0, 0.1) is 5.82 Å². The lowest BCUT2D eigenvalue weighted by Gasteiger charge is -2.25. The molecule has 1 aliphatic heterocycles. The third kappa shape index (κ3) is 3.55. The topological polar surface area (TPSA) is 20.3 Å². The Morgan fingerprint density at radius 3 is 2.78 bits per heavy atom. The first-order chi connectivity index (χ1) is 8.66. The molecule has 1 aromatic carbocycles. The van der Waals surface area contributed by atoms with Crippen LogP contribution in [-0.4, -0.2) is 17.4 Å². The van der Waals surface area contributed by atoms with Gasteiger partial charge < -0.3 is 4.90 Å². The van der Waals surface area contributed by atoms with Crippen molar-refractivity contribution in [1.82, 2.24) is 4.90 Å². The van der Waals surface area contributed by atoms with E-state index in [2.05, 4.69) is 15.9 Å². The Balaban J connectivity index is 2.08. The normalized spacial score (nSPS) is 17.4. The summed E-state index contributed by atoms with van der Waals surface area (Å²) in [6, 6.07) is 5.00. The van der Waals surface area contributed by atoms with Gasteiger partial charge in [-0.05, 0) is 25.0 Å². The van der Waals surface area contributed by atoms with E-state index in [1.165, 1.54) is 6.07 Å². The van der Waals surface area contributed by atoms with Crippen LogP contribution in [0.4, 0.5) is 4.39 Å².